The van der Waals surface area contributed by atoms with Gasteiger partial charge in [-0.3, -0.25) is 15.0 Å². The number of amides is 2. The maximum Gasteiger partial charge on any atom is 0.262 e. The number of aryl methyl sites for hydroxylation is 1. The van der Waals surface area contributed by atoms with Crippen molar-refractivity contribution in [3.8, 4) is 5.69 Å². The van der Waals surface area contributed by atoms with E-state index in [1.54, 1.807) is 67.1 Å². The summed E-state index contributed by atoms with van der Waals surface area (Å²) in [6.07, 6.45) is 1.66. The van der Waals surface area contributed by atoms with Gasteiger partial charge in [-0.25, -0.2) is 9.67 Å². The molecule has 0 radical (unpaired) electrons. The predicted octanol–water partition coefficient (Wildman–Crippen LogP) is 4.28. The molecule has 0 aliphatic rings. The van der Waals surface area contributed by atoms with Crippen LogP contribution in [-0.2, 0) is 0 Å². The third-order valence-electron chi connectivity index (χ3n) is 5.60. The lowest BCUT2D eigenvalue weighted by Crippen LogP contribution is -2.22. The predicted molar refractivity (Wildman–Crippen MR) is 140 cm³/mol. The minimum atomic E-state index is -0.434. The molecule has 3 N–H and O–H groups in total. The molecule has 182 valence electrons. The Morgan fingerprint density at radius 3 is 2.14 bits per heavy atom. The Balaban J connectivity index is 1.66. The van der Waals surface area contributed by atoms with E-state index in [4.69, 9.17) is 5.41 Å². The topological polar surface area (TPSA) is 116 Å². The van der Waals surface area contributed by atoms with Crippen LogP contribution in [0.15, 0.2) is 72.9 Å². The lowest BCUT2D eigenvalue weighted by Gasteiger charge is -2.13. The highest BCUT2D eigenvalue weighted by atomic mass is 16.2. The van der Waals surface area contributed by atoms with Crippen molar-refractivity contribution in [2.45, 2.75) is 13.8 Å². The van der Waals surface area contributed by atoms with E-state index in [2.05, 4.69) is 20.7 Å². The summed E-state index contributed by atoms with van der Waals surface area (Å²) in [4.78, 5) is 32.3. The van der Waals surface area contributed by atoms with Crippen molar-refractivity contribution in [2.75, 3.05) is 24.7 Å². The number of hydrogen-bond donors (Lipinski definition) is 3. The van der Waals surface area contributed by atoms with E-state index < -0.39 is 11.8 Å². The van der Waals surface area contributed by atoms with Crippen LogP contribution in [0.5, 0.6) is 0 Å². The second-order valence-corrected chi connectivity index (χ2v) is 8.51. The molecule has 0 aliphatic heterocycles. The fourth-order valence-electron chi connectivity index (χ4n) is 3.62. The Hall–Kier alpha value is -4.79. The van der Waals surface area contributed by atoms with Crippen LogP contribution in [0, 0.1) is 19.3 Å². The Kier molecular flexibility index (Phi) is 6.91. The molecule has 2 amide bonds. The third-order valence-corrected chi connectivity index (χ3v) is 5.60. The van der Waals surface area contributed by atoms with Gasteiger partial charge in [0.05, 0.1) is 11.4 Å². The van der Waals surface area contributed by atoms with Crippen molar-refractivity contribution in [3.63, 3.8) is 0 Å². The lowest BCUT2D eigenvalue weighted by molar-refractivity contribution is 0.102. The first kappa shape index (κ1) is 24.3. The fourth-order valence-corrected chi connectivity index (χ4v) is 3.62. The summed E-state index contributed by atoms with van der Waals surface area (Å²) in [5, 5.41) is 18.2. The van der Waals surface area contributed by atoms with Crippen molar-refractivity contribution in [1.29, 1.82) is 5.41 Å². The van der Waals surface area contributed by atoms with Gasteiger partial charge in [-0.2, -0.15) is 0 Å². The molecule has 0 spiro atoms. The van der Waals surface area contributed by atoms with Gasteiger partial charge < -0.3 is 15.5 Å². The molecule has 36 heavy (non-hydrogen) atoms. The van der Waals surface area contributed by atoms with E-state index >= 15 is 0 Å². The number of anilines is 2. The van der Waals surface area contributed by atoms with Crippen LogP contribution >= 0.6 is 0 Å². The first-order valence-corrected chi connectivity index (χ1v) is 11.3. The monoisotopic (exact) mass is 481 g/mol. The van der Waals surface area contributed by atoms with Crippen molar-refractivity contribution in [1.82, 2.24) is 19.7 Å². The Morgan fingerprint density at radius 2 is 1.53 bits per heavy atom. The van der Waals surface area contributed by atoms with E-state index in [0.29, 0.717) is 28.5 Å². The second kappa shape index (κ2) is 10.2. The van der Waals surface area contributed by atoms with E-state index in [1.165, 1.54) is 0 Å². The number of rotatable bonds is 6. The molecule has 0 unspecified atom stereocenters. The zero-order valence-electron chi connectivity index (χ0n) is 20.5. The van der Waals surface area contributed by atoms with Gasteiger partial charge >= 0.3 is 0 Å². The first-order valence-electron chi connectivity index (χ1n) is 11.3. The van der Waals surface area contributed by atoms with Crippen LogP contribution in [-0.4, -0.2) is 51.4 Å². The molecule has 0 saturated heterocycles. The van der Waals surface area contributed by atoms with E-state index in [-0.39, 0.29) is 11.4 Å². The summed E-state index contributed by atoms with van der Waals surface area (Å²) >= 11 is 0. The molecule has 4 aromatic rings. The highest BCUT2D eigenvalue weighted by Crippen LogP contribution is 2.24. The maximum absolute atomic E-state index is 13.3. The highest BCUT2D eigenvalue weighted by molar-refractivity contribution is 6.12. The standard InChI is InChI=1S/C27H27N7O2/c1-17-10-15-22(29-16-17)30-27(36)23-18(2)34(21-8-6-5-7-9-21)32-25(23)31-26(35)20-13-11-19(12-14-20)24(28)33(3)4/h5-16,28H,1-4H3,(H,29,30,36)(H,31,32,35). The molecule has 0 bridgehead atoms. The molecular weight excluding hydrogens is 454 g/mol. The van der Waals surface area contributed by atoms with Crippen molar-refractivity contribution in [3.05, 3.63) is 101 Å². The van der Waals surface area contributed by atoms with Gasteiger partial charge in [-0.1, -0.05) is 36.4 Å². The van der Waals surface area contributed by atoms with Gasteiger partial charge in [0.25, 0.3) is 11.8 Å². The average Bonchev–Trinajstić information content (AvgIpc) is 3.21. The van der Waals surface area contributed by atoms with Crippen molar-refractivity contribution >= 4 is 29.3 Å². The smallest absolute Gasteiger partial charge is 0.262 e. The van der Waals surface area contributed by atoms with Crippen LogP contribution in [0.3, 0.4) is 0 Å². The molecule has 9 heteroatoms. The second-order valence-electron chi connectivity index (χ2n) is 8.51. The Labute approximate surface area is 209 Å². The number of carbonyl (C=O) groups is 2. The third kappa shape index (κ3) is 5.15. The number of benzene rings is 2. The number of pyridine rings is 1. The number of nitrogens with zero attached hydrogens (tertiary/aromatic N) is 4. The van der Waals surface area contributed by atoms with Crippen LogP contribution in [0.2, 0.25) is 0 Å². The molecule has 0 fully saturated rings. The lowest BCUT2D eigenvalue weighted by atomic mass is 10.1. The molecule has 4 rings (SSSR count). The van der Waals surface area contributed by atoms with Gasteiger partial charge in [-0.15, -0.1) is 5.10 Å². The van der Waals surface area contributed by atoms with E-state index in [9.17, 15) is 9.59 Å². The molecular formula is C27H27N7O2. The quantitative estimate of drug-likeness (QED) is 0.281. The molecule has 2 heterocycles. The number of para-hydroxylation sites is 1. The van der Waals surface area contributed by atoms with E-state index in [1.807, 2.05) is 43.3 Å². The van der Waals surface area contributed by atoms with Gasteiger partial charge in [0.2, 0.25) is 0 Å². The summed E-state index contributed by atoms with van der Waals surface area (Å²) in [6.45, 7) is 3.69. The Bertz CT molecular complexity index is 1410. The number of carbonyl (C=O) groups excluding carboxylic acids is 2. The summed E-state index contributed by atoms with van der Waals surface area (Å²) < 4.78 is 1.62. The number of amidine groups is 1. The SMILES string of the molecule is Cc1ccc(NC(=O)c2c(NC(=O)c3ccc(C(=N)N(C)C)cc3)nn(-c3ccccc3)c2C)nc1. The van der Waals surface area contributed by atoms with Gasteiger partial charge in [0.1, 0.15) is 17.2 Å². The number of aromatic nitrogens is 3. The average molecular weight is 482 g/mol. The Morgan fingerprint density at radius 1 is 0.861 bits per heavy atom. The van der Waals surface area contributed by atoms with E-state index in [0.717, 1.165) is 11.3 Å². The van der Waals surface area contributed by atoms with Gasteiger partial charge in [0.15, 0.2) is 5.82 Å². The summed E-state index contributed by atoms with van der Waals surface area (Å²) in [6, 6.07) is 19.6. The summed E-state index contributed by atoms with van der Waals surface area (Å²) in [5.41, 5.74) is 3.59. The minimum Gasteiger partial charge on any atom is -0.363 e. The fraction of sp³-hybridized carbons (Fsp3) is 0.148. The summed E-state index contributed by atoms with van der Waals surface area (Å²) in [7, 11) is 3.57. The van der Waals surface area contributed by atoms with Gasteiger partial charge in [-0.05, 0) is 49.7 Å². The first-order chi connectivity index (χ1) is 17.2. The molecule has 9 nitrogen and oxygen atoms in total. The highest BCUT2D eigenvalue weighted by Gasteiger charge is 2.24. The van der Waals surface area contributed by atoms with Crippen LogP contribution in [0.25, 0.3) is 5.69 Å². The maximum atomic E-state index is 13.3. The molecule has 0 atom stereocenters. The molecule has 2 aromatic heterocycles. The van der Waals surface area contributed by atoms with Crippen LogP contribution in [0.1, 0.15) is 37.5 Å². The molecule has 0 saturated carbocycles. The van der Waals surface area contributed by atoms with Crippen molar-refractivity contribution in [2.24, 2.45) is 0 Å². The molecule has 0 aliphatic carbocycles. The summed E-state index contributed by atoms with van der Waals surface area (Å²) in [5.74, 6) is 0.0156. The van der Waals surface area contributed by atoms with Crippen molar-refractivity contribution < 1.29 is 9.59 Å². The number of hydrogen-bond acceptors (Lipinski definition) is 5. The largest absolute Gasteiger partial charge is 0.363 e. The van der Waals surface area contributed by atoms with Crippen LogP contribution in [0.4, 0.5) is 11.6 Å². The van der Waals surface area contributed by atoms with Gasteiger partial charge in [0, 0.05) is 31.4 Å². The normalized spacial score (nSPS) is 10.6. The van der Waals surface area contributed by atoms with Crippen LogP contribution < -0.4 is 10.6 Å². The molecule has 2 aromatic carbocycles. The minimum absolute atomic E-state index is 0.135. The zero-order chi connectivity index (χ0) is 25.8. The number of nitrogens with one attached hydrogen (secondary N) is 3. The zero-order valence-corrected chi connectivity index (χ0v) is 20.5.